The van der Waals surface area contributed by atoms with Crippen LogP contribution in [0.15, 0.2) is 24.3 Å². The second-order valence-electron chi connectivity index (χ2n) is 6.14. The number of quaternary nitrogens is 1. The number of amides is 2. The molecule has 1 aromatic carbocycles. The second-order valence-corrected chi connectivity index (χ2v) is 6.14. The Labute approximate surface area is 137 Å². The van der Waals surface area contributed by atoms with E-state index in [1.807, 2.05) is 0 Å². The number of fused-ring (bicyclic) bond motifs is 1. The van der Waals surface area contributed by atoms with Crippen molar-refractivity contribution in [1.29, 1.82) is 0 Å². The third-order valence-electron chi connectivity index (χ3n) is 5.08. The van der Waals surface area contributed by atoms with E-state index >= 15 is 0 Å². The fourth-order valence-electron chi connectivity index (χ4n) is 3.90. The van der Waals surface area contributed by atoms with E-state index in [1.54, 1.807) is 6.07 Å². The predicted octanol–water partition coefficient (Wildman–Crippen LogP) is -1.42. The second kappa shape index (κ2) is 5.64. The van der Waals surface area contributed by atoms with E-state index in [4.69, 9.17) is 4.74 Å². The van der Waals surface area contributed by atoms with Gasteiger partial charge in [-0.15, -0.1) is 0 Å². The van der Waals surface area contributed by atoms with Gasteiger partial charge in [-0.2, -0.15) is 0 Å². The first-order valence-corrected chi connectivity index (χ1v) is 7.50. The Morgan fingerprint density at radius 1 is 1.38 bits per heavy atom. The number of carbonyl (C=O) groups is 3. The van der Waals surface area contributed by atoms with Crippen LogP contribution in [0.3, 0.4) is 0 Å². The standard InChI is InChI=1S/C16H17FN2O5/c1-19-13(21)10-11(14(19)22)16(7-20,15(23)24-2)18-12(10)8-5-3-4-6-9(8)17/h3-6,10-12,18,20H,7H2,1-2H3/p+1/t10-,11+,12+,16-/m1/s1. The van der Waals surface area contributed by atoms with Gasteiger partial charge in [0.1, 0.15) is 30.3 Å². The summed E-state index contributed by atoms with van der Waals surface area (Å²) in [7, 11) is 2.46. The number of hydrogen-bond acceptors (Lipinski definition) is 5. The Morgan fingerprint density at radius 3 is 2.62 bits per heavy atom. The molecule has 3 N–H and O–H groups in total. The van der Waals surface area contributed by atoms with E-state index in [0.29, 0.717) is 0 Å². The number of imide groups is 1. The third kappa shape index (κ3) is 1.99. The maximum absolute atomic E-state index is 14.3. The number of esters is 1. The number of hydrogen-bond donors (Lipinski definition) is 2. The number of nitrogens with two attached hydrogens (primary N) is 1. The molecule has 2 saturated heterocycles. The minimum Gasteiger partial charge on any atom is -0.464 e. The first-order chi connectivity index (χ1) is 11.4. The fourth-order valence-corrected chi connectivity index (χ4v) is 3.90. The number of benzene rings is 1. The van der Waals surface area contributed by atoms with Crippen molar-refractivity contribution in [3.8, 4) is 0 Å². The van der Waals surface area contributed by atoms with Gasteiger partial charge in [-0.3, -0.25) is 14.5 Å². The molecule has 128 valence electrons. The Kier molecular flexibility index (Phi) is 3.89. The van der Waals surface area contributed by atoms with Crippen LogP contribution in [0, 0.1) is 17.7 Å². The number of nitrogens with zero attached hydrogens (tertiary/aromatic N) is 1. The Balaban J connectivity index is 2.17. The van der Waals surface area contributed by atoms with Crippen molar-refractivity contribution in [2.75, 3.05) is 20.8 Å². The SMILES string of the molecule is COC(=O)[C@]1(CO)[NH2+][C@@H](c2ccccc2F)[C@@H]2C(=O)N(C)C(=O)[C@H]21. The van der Waals surface area contributed by atoms with E-state index in [0.717, 1.165) is 12.0 Å². The fraction of sp³-hybridized carbons (Fsp3) is 0.438. The Bertz CT molecular complexity index is 724. The summed E-state index contributed by atoms with van der Waals surface area (Å²) >= 11 is 0. The zero-order valence-corrected chi connectivity index (χ0v) is 13.2. The average Bonchev–Trinajstić information content (AvgIpc) is 3.05. The monoisotopic (exact) mass is 337 g/mol. The summed E-state index contributed by atoms with van der Waals surface area (Å²) in [4.78, 5) is 38.3. The lowest BCUT2D eigenvalue weighted by Gasteiger charge is -2.26. The summed E-state index contributed by atoms with van der Waals surface area (Å²) in [6, 6.07) is 5.08. The molecule has 2 amide bonds. The Morgan fingerprint density at radius 2 is 2.04 bits per heavy atom. The van der Waals surface area contributed by atoms with Gasteiger partial charge in [0.25, 0.3) is 0 Å². The smallest absolute Gasteiger partial charge is 0.371 e. The number of ether oxygens (including phenoxy) is 1. The predicted molar refractivity (Wildman–Crippen MR) is 77.7 cm³/mol. The van der Waals surface area contributed by atoms with E-state index in [1.165, 1.54) is 30.6 Å². The summed E-state index contributed by atoms with van der Waals surface area (Å²) in [5, 5.41) is 11.3. The zero-order chi connectivity index (χ0) is 17.6. The van der Waals surface area contributed by atoms with E-state index in [9.17, 15) is 23.9 Å². The van der Waals surface area contributed by atoms with Crippen molar-refractivity contribution in [3.05, 3.63) is 35.6 Å². The molecule has 8 heteroatoms. The van der Waals surface area contributed by atoms with Gasteiger partial charge in [-0.05, 0) is 6.07 Å². The van der Waals surface area contributed by atoms with Crippen molar-refractivity contribution in [2.24, 2.45) is 11.8 Å². The molecule has 24 heavy (non-hydrogen) atoms. The number of likely N-dealkylation sites (tertiary alicyclic amines) is 1. The minimum atomic E-state index is -1.66. The molecule has 3 rings (SSSR count). The van der Waals surface area contributed by atoms with E-state index in [-0.39, 0.29) is 5.56 Å². The van der Waals surface area contributed by atoms with Gasteiger partial charge in [0.2, 0.25) is 17.4 Å². The number of carbonyl (C=O) groups excluding carboxylic acids is 3. The molecule has 4 atom stereocenters. The number of aliphatic hydroxyl groups excluding tert-OH is 1. The van der Waals surface area contributed by atoms with Crippen LogP contribution in [0.4, 0.5) is 4.39 Å². The third-order valence-corrected chi connectivity index (χ3v) is 5.08. The molecular weight excluding hydrogens is 319 g/mol. The van der Waals surface area contributed by atoms with Gasteiger partial charge >= 0.3 is 5.97 Å². The number of aliphatic hydroxyl groups is 1. The molecule has 0 radical (unpaired) electrons. The highest BCUT2D eigenvalue weighted by molar-refractivity contribution is 6.08. The van der Waals surface area contributed by atoms with Crippen molar-refractivity contribution in [1.82, 2.24) is 4.90 Å². The van der Waals surface area contributed by atoms with Crippen LogP contribution >= 0.6 is 0 Å². The first kappa shape index (κ1) is 16.5. The topological polar surface area (TPSA) is 101 Å². The summed E-state index contributed by atoms with van der Waals surface area (Å²) in [6.45, 7) is -0.696. The zero-order valence-electron chi connectivity index (χ0n) is 13.2. The molecule has 0 bridgehead atoms. The molecule has 2 fully saturated rings. The van der Waals surface area contributed by atoms with E-state index in [2.05, 4.69) is 0 Å². The van der Waals surface area contributed by atoms with Crippen LogP contribution < -0.4 is 5.32 Å². The molecule has 7 nitrogen and oxygen atoms in total. The molecule has 2 aliphatic heterocycles. The van der Waals surface area contributed by atoms with Gasteiger partial charge in [0.05, 0.1) is 7.11 Å². The molecule has 0 spiro atoms. The molecule has 0 unspecified atom stereocenters. The van der Waals surface area contributed by atoms with Gasteiger partial charge in [-0.1, -0.05) is 18.2 Å². The molecule has 2 heterocycles. The maximum atomic E-state index is 14.3. The molecule has 0 aliphatic carbocycles. The largest absolute Gasteiger partial charge is 0.464 e. The van der Waals surface area contributed by atoms with Crippen LogP contribution in [0.2, 0.25) is 0 Å². The highest BCUT2D eigenvalue weighted by Crippen LogP contribution is 2.44. The van der Waals surface area contributed by atoms with Crippen LogP contribution in [-0.4, -0.2) is 54.1 Å². The van der Waals surface area contributed by atoms with Crippen LogP contribution in [0.5, 0.6) is 0 Å². The summed E-state index contributed by atoms with van der Waals surface area (Å²) in [6.07, 6.45) is 0. The lowest BCUT2D eigenvalue weighted by Crippen LogP contribution is -2.99. The molecule has 2 aliphatic rings. The average molecular weight is 337 g/mol. The van der Waals surface area contributed by atoms with Crippen molar-refractivity contribution >= 4 is 17.8 Å². The lowest BCUT2D eigenvalue weighted by molar-refractivity contribution is -0.735. The van der Waals surface area contributed by atoms with Crippen LogP contribution in [0.1, 0.15) is 11.6 Å². The van der Waals surface area contributed by atoms with Gasteiger partial charge < -0.3 is 15.2 Å². The molecule has 0 saturated carbocycles. The maximum Gasteiger partial charge on any atom is 0.371 e. The quantitative estimate of drug-likeness (QED) is 0.521. The van der Waals surface area contributed by atoms with Gasteiger partial charge in [-0.25, -0.2) is 9.18 Å². The van der Waals surface area contributed by atoms with E-state index < -0.39 is 53.6 Å². The van der Waals surface area contributed by atoms with Crippen molar-refractivity contribution in [2.45, 2.75) is 11.6 Å². The highest BCUT2D eigenvalue weighted by Gasteiger charge is 2.72. The first-order valence-electron chi connectivity index (χ1n) is 7.50. The summed E-state index contributed by atoms with van der Waals surface area (Å²) < 4.78 is 19.0. The van der Waals surface area contributed by atoms with Crippen molar-refractivity contribution < 1.29 is 33.9 Å². The number of halogens is 1. The number of methoxy groups -OCH3 is 1. The van der Waals surface area contributed by atoms with Crippen molar-refractivity contribution in [3.63, 3.8) is 0 Å². The molecule has 1 aromatic rings. The minimum absolute atomic E-state index is 0.211. The van der Waals surface area contributed by atoms with Crippen LogP contribution in [0.25, 0.3) is 0 Å². The van der Waals surface area contributed by atoms with Gasteiger partial charge in [0, 0.05) is 12.6 Å². The normalized spacial score (nSPS) is 32.2. The van der Waals surface area contributed by atoms with Crippen LogP contribution in [-0.2, 0) is 19.1 Å². The molecule has 0 aromatic heterocycles. The molecular formula is C16H18FN2O5+. The number of rotatable bonds is 3. The highest BCUT2D eigenvalue weighted by atomic mass is 19.1. The Hall–Kier alpha value is -2.32. The summed E-state index contributed by atoms with van der Waals surface area (Å²) in [5.41, 5.74) is -1.45. The lowest BCUT2D eigenvalue weighted by atomic mass is 9.79. The summed E-state index contributed by atoms with van der Waals surface area (Å²) in [5.74, 6) is -4.45. The van der Waals surface area contributed by atoms with Gasteiger partial charge in [0.15, 0.2) is 0 Å².